The van der Waals surface area contributed by atoms with Crippen LogP contribution in [-0.4, -0.2) is 22.4 Å². The van der Waals surface area contributed by atoms with Crippen molar-refractivity contribution in [3.63, 3.8) is 0 Å². The second kappa shape index (κ2) is 8.58. The van der Waals surface area contributed by atoms with Crippen LogP contribution < -0.4 is 0 Å². The van der Waals surface area contributed by atoms with Crippen molar-refractivity contribution in [2.75, 3.05) is 0 Å². The van der Waals surface area contributed by atoms with Gasteiger partial charge >= 0.3 is 0 Å². The number of aliphatic hydroxyl groups is 2. The molecule has 176 valence electrons. The van der Waals surface area contributed by atoms with E-state index < -0.39 is 0 Å². The van der Waals surface area contributed by atoms with Gasteiger partial charge < -0.3 is 10.2 Å². The number of hydrogen-bond donors (Lipinski definition) is 2. The molecule has 0 aromatic heterocycles. The van der Waals surface area contributed by atoms with Gasteiger partial charge in [0.15, 0.2) is 0 Å². The molecule has 0 aliphatic heterocycles. The van der Waals surface area contributed by atoms with Crippen molar-refractivity contribution in [2.24, 2.45) is 40.4 Å². The number of fused-ring (bicyclic) bond motifs is 5. The highest BCUT2D eigenvalue weighted by atomic mass is 16.3. The summed E-state index contributed by atoms with van der Waals surface area (Å²) in [7, 11) is 0. The van der Waals surface area contributed by atoms with Gasteiger partial charge in [-0.3, -0.25) is 0 Å². The van der Waals surface area contributed by atoms with Crippen LogP contribution in [0.5, 0.6) is 0 Å². The highest BCUT2D eigenvalue weighted by Crippen LogP contribution is 2.67. The van der Waals surface area contributed by atoms with Crippen molar-refractivity contribution in [1.29, 1.82) is 0 Å². The minimum absolute atomic E-state index is 0.117. The molecule has 1 aromatic rings. The monoisotopic (exact) mass is 436 g/mol. The van der Waals surface area contributed by atoms with Crippen LogP contribution in [0.25, 0.3) is 0 Å². The van der Waals surface area contributed by atoms with E-state index in [0.717, 1.165) is 43.4 Å². The molecule has 4 aliphatic carbocycles. The molecule has 9 atom stereocenters. The van der Waals surface area contributed by atoms with Crippen molar-refractivity contribution in [2.45, 2.75) is 97.2 Å². The van der Waals surface area contributed by atoms with E-state index in [-0.39, 0.29) is 12.2 Å². The zero-order chi connectivity index (χ0) is 22.5. The summed E-state index contributed by atoms with van der Waals surface area (Å²) in [5.41, 5.74) is 3.61. The third-order valence-corrected chi connectivity index (χ3v) is 11.0. The lowest BCUT2D eigenvalue weighted by molar-refractivity contribution is -0.0678. The highest BCUT2D eigenvalue weighted by Gasteiger charge is 2.59. The summed E-state index contributed by atoms with van der Waals surface area (Å²) in [6.07, 6.45) is 13.7. The van der Waals surface area contributed by atoms with Crippen LogP contribution in [0.15, 0.2) is 42.0 Å². The molecular formula is C30H44O2. The smallest absolute Gasteiger partial charge is 0.0577 e. The maximum atomic E-state index is 11.2. The lowest BCUT2D eigenvalue weighted by Gasteiger charge is -2.58. The average Bonchev–Trinajstić information content (AvgIpc) is 3.15. The lowest BCUT2D eigenvalue weighted by atomic mass is 9.47. The van der Waals surface area contributed by atoms with E-state index in [2.05, 4.69) is 57.2 Å². The van der Waals surface area contributed by atoms with E-state index in [1.807, 2.05) is 0 Å². The molecule has 0 amide bonds. The Morgan fingerprint density at radius 3 is 2.56 bits per heavy atom. The van der Waals surface area contributed by atoms with Crippen LogP contribution >= 0.6 is 0 Å². The van der Waals surface area contributed by atoms with Gasteiger partial charge in [0.2, 0.25) is 0 Å². The zero-order valence-electron chi connectivity index (χ0n) is 20.5. The molecule has 0 radical (unpaired) electrons. The first-order chi connectivity index (χ1) is 15.3. The standard InChI is InChI=1S/C30H44O2/c1-20(28(32)14-9-21-7-5-4-6-8-21)25-12-13-26-24-11-10-22-19-23(31)15-17-29(22,2)27(24)16-18-30(25,26)3/h4-8,10,20,23-28,31-32H,9,11-19H2,1-3H3/t20-,23-,24?,25?,26?,27?,28-,29-,30+/m0/s1. The molecule has 1 aromatic carbocycles. The first kappa shape index (κ1) is 22.7. The Hall–Kier alpha value is -1.12. The summed E-state index contributed by atoms with van der Waals surface area (Å²) in [5.74, 6) is 3.42. The molecular weight excluding hydrogens is 392 g/mol. The molecule has 3 saturated carbocycles. The van der Waals surface area contributed by atoms with Crippen molar-refractivity contribution < 1.29 is 10.2 Å². The van der Waals surface area contributed by atoms with Gasteiger partial charge in [0.05, 0.1) is 12.2 Å². The molecule has 4 aliphatic rings. The molecule has 4 unspecified atom stereocenters. The van der Waals surface area contributed by atoms with Gasteiger partial charge in [0.1, 0.15) is 0 Å². The fourth-order valence-electron chi connectivity index (χ4n) is 9.04. The molecule has 2 N–H and O–H groups in total. The van der Waals surface area contributed by atoms with Gasteiger partial charge in [-0.1, -0.05) is 62.8 Å². The van der Waals surface area contributed by atoms with Crippen LogP contribution in [-0.2, 0) is 6.42 Å². The van der Waals surface area contributed by atoms with Gasteiger partial charge in [-0.2, -0.15) is 0 Å². The molecule has 2 heteroatoms. The van der Waals surface area contributed by atoms with E-state index >= 15 is 0 Å². The number of allylic oxidation sites excluding steroid dienone is 1. The fraction of sp³-hybridized carbons (Fsp3) is 0.733. The minimum atomic E-state index is -0.205. The first-order valence-electron chi connectivity index (χ1n) is 13.4. The van der Waals surface area contributed by atoms with Crippen molar-refractivity contribution in [3.05, 3.63) is 47.5 Å². The Balaban J connectivity index is 1.29. The number of benzene rings is 1. The van der Waals surface area contributed by atoms with E-state index in [1.165, 1.54) is 44.1 Å². The van der Waals surface area contributed by atoms with Crippen LogP contribution in [0.2, 0.25) is 0 Å². The van der Waals surface area contributed by atoms with Crippen molar-refractivity contribution >= 4 is 0 Å². The SMILES string of the molecule is C[C@@H](C1CCC2C3CC=C4C[C@@H](O)CC[C@]4(C)C3CC[C@@]21C)[C@@H](O)CCc1ccccc1. The van der Waals surface area contributed by atoms with Crippen LogP contribution in [0.4, 0.5) is 0 Å². The zero-order valence-corrected chi connectivity index (χ0v) is 20.5. The topological polar surface area (TPSA) is 40.5 Å². The Morgan fingerprint density at radius 2 is 1.78 bits per heavy atom. The van der Waals surface area contributed by atoms with Gasteiger partial charge in [-0.05, 0) is 110 Å². The maximum Gasteiger partial charge on any atom is 0.0577 e. The van der Waals surface area contributed by atoms with Crippen LogP contribution in [0.1, 0.15) is 84.1 Å². The van der Waals surface area contributed by atoms with Gasteiger partial charge in [0.25, 0.3) is 0 Å². The summed E-state index contributed by atoms with van der Waals surface area (Å²) >= 11 is 0. The quantitative estimate of drug-likeness (QED) is 0.513. The number of rotatable bonds is 5. The number of hydrogen-bond acceptors (Lipinski definition) is 2. The summed E-state index contributed by atoms with van der Waals surface area (Å²) in [6, 6.07) is 10.6. The predicted octanol–water partition coefficient (Wildman–Crippen LogP) is 6.56. The van der Waals surface area contributed by atoms with Crippen molar-refractivity contribution in [1.82, 2.24) is 0 Å². The second-order valence-electron chi connectivity index (χ2n) is 12.3. The number of aliphatic hydroxyl groups excluding tert-OH is 2. The van der Waals surface area contributed by atoms with E-state index in [9.17, 15) is 10.2 Å². The summed E-state index contributed by atoms with van der Waals surface area (Å²) in [5, 5.41) is 21.4. The second-order valence-corrected chi connectivity index (χ2v) is 12.3. The largest absolute Gasteiger partial charge is 0.393 e. The van der Waals surface area contributed by atoms with Gasteiger partial charge in [0, 0.05) is 0 Å². The molecule has 0 bridgehead atoms. The van der Waals surface area contributed by atoms with Crippen LogP contribution in [0.3, 0.4) is 0 Å². The highest BCUT2D eigenvalue weighted by molar-refractivity contribution is 5.25. The average molecular weight is 437 g/mol. The normalized spacial score (nSPS) is 42.9. The molecule has 3 fully saturated rings. The van der Waals surface area contributed by atoms with E-state index in [4.69, 9.17) is 0 Å². The Kier molecular flexibility index (Phi) is 6.08. The third kappa shape index (κ3) is 3.70. The molecule has 0 heterocycles. The van der Waals surface area contributed by atoms with Gasteiger partial charge in [-0.25, -0.2) is 0 Å². The Labute approximate surface area is 195 Å². The predicted molar refractivity (Wildman–Crippen MR) is 131 cm³/mol. The third-order valence-electron chi connectivity index (χ3n) is 11.0. The molecule has 32 heavy (non-hydrogen) atoms. The maximum absolute atomic E-state index is 11.2. The summed E-state index contributed by atoms with van der Waals surface area (Å²) in [6.45, 7) is 7.44. The molecule has 2 nitrogen and oxygen atoms in total. The van der Waals surface area contributed by atoms with E-state index in [1.54, 1.807) is 5.57 Å². The van der Waals surface area contributed by atoms with Crippen molar-refractivity contribution in [3.8, 4) is 0 Å². The fourth-order valence-corrected chi connectivity index (χ4v) is 9.04. The van der Waals surface area contributed by atoms with E-state index in [0.29, 0.717) is 22.7 Å². The molecule has 0 spiro atoms. The number of aryl methyl sites for hydroxylation is 1. The summed E-state index contributed by atoms with van der Waals surface area (Å²) in [4.78, 5) is 0. The Bertz CT molecular complexity index is 830. The summed E-state index contributed by atoms with van der Waals surface area (Å²) < 4.78 is 0. The Morgan fingerprint density at radius 1 is 1.00 bits per heavy atom. The lowest BCUT2D eigenvalue weighted by Crippen LogP contribution is -2.51. The minimum Gasteiger partial charge on any atom is -0.393 e. The molecule has 0 saturated heterocycles. The first-order valence-corrected chi connectivity index (χ1v) is 13.4. The van der Waals surface area contributed by atoms with Crippen LogP contribution in [0, 0.1) is 40.4 Å². The molecule has 5 rings (SSSR count). The van der Waals surface area contributed by atoms with Gasteiger partial charge in [-0.15, -0.1) is 0 Å².